The Morgan fingerprint density at radius 3 is 2.50 bits per heavy atom. The molecule has 2 aromatic carbocycles. The lowest BCUT2D eigenvalue weighted by molar-refractivity contribution is -0.167. The van der Waals surface area contributed by atoms with Gasteiger partial charge in [-0.1, -0.05) is 67.9 Å². The van der Waals surface area contributed by atoms with Crippen LogP contribution in [-0.2, 0) is 20.7 Å². The van der Waals surface area contributed by atoms with Gasteiger partial charge in [0, 0.05) is 25.4 Å². The predicted octanol–water partition coefficient (Wildman–Crippen LogP) is 3.59. The Morgan fingerprint density at radius 2 is 1.87 bits per heavy atom. The highest BCUT2D eigenvalue weighted by Gasteiger charge is 2.45. The van der Waals surface area contributed by atoms with Gasteiger partial charge in [0.1, 0.15) is 0 Å². The second-order valence-electron chi connectivity index (χ2n) is 8.36. The number of benzene rings is 2. The summed E-state index contributed by atoms with van der Waals surface area (Å²) >= 11 is 0. The zero-order valence-electron chi connectivity index (χ0n) is 18.4. The largest absolute Gasteiger partial charge is 0.361 e. The highest BCUT2D eigenvalue weighted by Crippen LogP contribution is 2.27. The lowest BCUT2D eigenvalue weighted by Crippen LogP contribution is -2.62. The maximum absolute atomic E-state index is 13.0. The summed E-state index contributed by atoms with van der Waals surface area (Å²) in [5, 5.41) is 2.91. The van der Waals surface area contributed by atoms with Crippen molar-refractivity contribution in [2.24, 2.45) is 5.92 Å². The summed E-state index contributed by atoms with van der Waals surface area (Å²) in [5.41, 5.74) is 3.47. The van der Waals surface area contributed by atoms with E-state index in [9.17, 15) is 9.59 Å². The van der Waals surface area contributed by atoms with Crippen molar-refractivity contribution in [2.45, 2.75) is 39.7 Å². The molecule has 0 spiro atoms. The number of nitrogens with zero attached hydrogens (tertiary/aromatic N) is 1. The van der Waals surface area contributed by atoms with Crippen LogP contribution in [0.5, 0.6) is 0 Å². The van der Waals surface area contributed by atoms with E-state index in [1.165, 1.54) is 11.1 Å². The highest BCUT2D eigenvalue weighted by molar-refractivity contribution is 5.87. The van der Waals surface area contributed by atoms with E-state index in [2.05, 4.69) is 48.6 Å². The highest BCUT2D eigenvalue weighted by atomic mass is 16.5. The van der Waals surface area contributed by atoms with Crippen LogP contribution in [0, 0.1) is 12.8 Å². The normalized spacial score (nSPS) is 19.0. The van der Waals surface area contributed by atoms with Crippen molar-refractivity contribution in [3.05, 3.63) is 59.7 Å². The Labute approximate surface area is 179 Å². The third-order valence-corrected chi connectivity index (χ3v) is 5.54. The van der Waals surface area contributed by atoms with E-state index < -0.39 is 5.60 Å². The smallest absolute Gasteiger partial charge is 0.254 e. The fourth-order valence-electron chi connectivity index (χ4n) is 3.95. The number of aryl methyl sites for hydroxylation is 1. The SMILES string of the molecule is CCNC(=O)C1(Cc2ccc(-c3cccc(C)c3)cc2)CN(C(=O)C(C)C)CCO1. The Kier molecular flexibility index (Phi) is 6.93. The van der Waals surface area contributed by atoms with Gasteiger partial charge in [-0.25, -0.2) is 0 Å². The second-order valence-corrected chi connectivity index (χ2v) is 8.36. The molecule has 1 aliphatic heterocycles. The van der Waals surface area contributed by atoms with Crippen LogP contribution in [0.15, 0.2) is 48.5 Å². The van der Waals surface area contributed by atoms with Crippen molar-refractivity contribution in [1.29, 1.82) is 0 Å². The molecular formula is C25H32N2O3. The molecule has 1 saturated heterocycles. The number of rotatable bonds is 6. The molecule has 160 valence electrons. The average molecular weight is 409 g/mol. The van der Waals surface area contributed by atoms with Gasteiger partial charge in [0.05, 0.1) is 13.2 Å². The zero-order valence-corrected chi connectivity index (χ0v) is 18.4. The van der Waals surface area contributed by atoms with Gasteiger partial charge in [-0.15, -0.1) is 0 Å². The van der Waals surface area contributed by atoms with Crippen molar-refractivity contribution < 1.29 is 14.3 Å². The summed E-state index contributed by atoms with van der Waals surface area (Å²) in [7, 11) is 0. The van der Waals surface area contributed by atoms with Crippen LogP contribution in [0.2, 0.25) is 0 Å². The van der Waals surface area contributed by atoms with Crippen molar-refractivity contribution in [3.63, 3.8) is 0 Å². The Morgan fingerprint density at radius 1 is 1.13 bits per heavy atom. The van der Waals surface area contributed by atoms with Gasteiger partial charge in [0.15, 0.2) is 5.60 Å². The average Bonchev–Trinajstić information content (AvgIpc) is 2.74. The second kappa shape index (κ2) is 9.43. The number of nitrogens with one attached hydrogen (secondary N) is 1. The van der Waals surface area contributed by atoms with Crippen LogP contribution in [0.3, 0.4) is 0 Å². The molecule has 5 heteroatoms. The topological polar surface area (TPSA) is 58.6 Å². The molecule has 1 atom stereocenters. The van der Waals surface area contributed by atoms with Crippen molar-refractivity contribution >= 4 is 11.8 Å². The van der Waals surface area contributed by atoms with Crippen LogP contribution in [0.4, 0.5) is 0 Å². The summed E-state index contributed by atoms with van der Waals surface area (Å²) in [4.78, 5) is 27.4. The summed E-state index contributed by atoms with van der Waals surface area (Å²) in [6.07, 6.45) is 0.425. The van der Waals surface area contributed by atoms with Gasteiger partial charge >= 0.3 is 0 Å². The Balaban J connectivity index is 1.85. The van der Waals surface area contributed by atoms with E-state index >= 15 is 0 Å². The van der Waals surface area contributed by atoms with Gasteiger partial charge in [-0.2, -0.15) is 0 Å². The van der Waals surface area contributed by atoms with Crippen molar-refractivity contribution in [2.75, 3.05) is 26.2 Å². The quantitative estimate of drug-likeness (QED) is 0.795. The maximum atomic E-state index is 13.0. The Bertz CT molecular complexity index is 892. The van der Waals surface area contributed by atoms with E-state index in [1.807, 2.05) is 32.9 Å². The van der Waals surface area contributed by atoms with E-state index in [0.29, 0.717) is 26.1 Å². The number of hydrogen-bond donors (Lipinski definition) is 1. The van der Waals surface area contributed by atoms with E-state index in [-0.39, 0.29) is 24.3 Å². The molecule has 3 rings (SSSR count). The molecule has 2 amide bonds. The lowest BCUT2D eigenvalue weighted by Gasteiger charge is -2.42. The number of hydrogen-bond acceptors (Lipinski definition) is 3. The number of amides is 2. The van der Waals surface area contributed by atoms with Crippen LogP contribution in [0.25, 0.3) is 11.1 Å². The third-order valence-electron chi connectivity index (χ3n) is 5.54. The summed E-state index contributed by atoms with van der Waals surface area (Å²) < 4.78 is 6.07. The van der Waals surface area contributed by atoms with E-state index in [0.717, 1.165) is 11.1 Å². The minimum atomic E-state index is -1.07. The molecule has 1 aliphatic rings. The molecule has 2 aromatic rings. The lowest BCUT2D eigenvalue weighted by atomic mass is 9.90. The molecule has 0 saturated carbocycles. The molecule has 5 nitrogen and oxygen atoms in total. The zero-order chi connectivity index (χ0) is 21.7. The molecule has 30 heavy (non-hydrogen) atoms. The molecule has 0 aromatic heterocycles. The van der Waals surface area contributed by atoms with E-state index in [4.69, 9.17) is 4.74 Å². The fourth-order valence-corrected chi connectivity index (χ4v) is 3.95. The number of morpholine rings is 1. The van der Waals surface area contributed by atoms with Gasteiger partial charge < -0.3 is 15.0 Å². The molecule has 1 heterocycles. The van der Waals surface area contributed by atoms with Gasteiger partial charge in [-0.05, 0) is 30.5 Å². The molecule has 0 bridgehead atoms. The molecule has 0 aliphatic carbocycles. The standard InChI is InChI=1S/C25H32N2O3/c1-5-26-24(29)25(17-27(13-14-30-25)23(28)18(2)3)16-20-9-11-21(12-10-20)22-8-6-7-19(4)15-22/h6-12,15,18H,5,13-14,16-17H2,1-4H3,(H,26,29). The molecule has 1 unspecified atom stereocenters. The molecule has 1 fully saturated rings. The minimum absolute atomic E-state index is 0.0572. The Hall–Kier alpha value is -2.66. The van der Waals surface area contributed by atoms with Crippen LogP contribution < -0.4 is 5.32 Å². The van der Waals surface area contributed by atoms with Crippen molar-refractivity contribution in [3.8, 4) is 11.1 Å². The summed E-state index contributed by atoms with van der Waals surface area (Å²) in [6.45, 7) is 9.41. The summed E-state index contributed by atoms with van der Waals surface area (Å²) in [6, 6.07) is 16.6. The number of carbonyl (C=O) groups is 2. The van der Waals surface area contributed by atoms with Gasteiger partial charge in [-0.3, -0.25) is 9.59 Å². The van der Waals surface area contributed by atoms with Crippen LogP contribution in [-0.4, -0.2) is 48.6 Å². The first-order valence-corrected chi connectivity index (χ1v) is 10.7. The number of carbonyl (C=O) groups excluding carboxylic acids is 2. The predicted molar refractivity (Wildman–Crippen MR) is 119 cm³/mol. The molecular weight excluding hydrogens is 376 g/mol. The third kappa shape index (κ3) is 4.90. The van der Waals surface area contributed by atoms with E-state index in [1.54, 1.807) is 4.90 Å². The molecule has 0 radical (unpaired) electrons. The first-order chi connectivity index (χ1) is 14.3. The summed E-state index contributed by atoms with van der Waals surface area (Å²) in [5.74, 6) is -0.209. The fraction of sp³-hybridized carbons (Fsp3) is 0.440. The van der Waals surface area contributed by atoms with Crippen molar-refractivity contribution in [1.82, 2.24) is 10.2 Å². The number of likely N-dealkylation sites (N-methyl/N-ethyl adjacent to an activating group) is 1. The first kappa shape index (κ1) is 22.0. The maximum Gasteiger partial charge on any atom is 0.254 e. The monoisotopic (exact) mass is 408 g/mol. The number of ether oxygens (including phenoxy) is 1. The van der Waals surface area contributed by atoms with Gasteiger partial charge in [0.25, 0.3) is 5.91 Å². The van der Waals surface area contributed by atoms with Crippen LogP contribution in [0.1, 0.15) is 31.9 Å². The minimum Gasteiger partial charge on any atom is -0.361 e. The van der Waals surface area contributed by atoms with Crippen LogP contribution >= 0.6 is 0 Å². The van der Waals surface area contributed by atoms with Gasteiger partial charge in [0.2, 0.25) is 5.91 Å². The molecule has 1 N–H and O–H groups in total. The first-order valence-electron chi connectivity index (χ1n) is 10.7.